The van der Waals surface area contributed by atoms with Crippen LogP contribution in [-0.2, 0) is 28.0 Å². The van der Waals surface area contributed by atoms with Crippen LogP contribution in [0.15, 0.2) is 30.6 Å². The van der Waals surface area contributed by atoms with Crippen molar-refractivity contribution in [3.63, 3.8) is 0 Å². The van der Waals surface area contributed by atoms with Crippen LogP contribution in [0, 0.1) is 18.7 Å². The maximum atomic E-state index is 15.8. The van der Waals surface area contributed by atoms with E-state index >= 15 is 4.39 Å². The third-order valence-electron chi connectivity index (χ3n) is 8.43. The van der Waals surface area contributed by atoms with Gasteiger partial charge in [0.1, 0.15) is 29.1 Å². The van der Waals surface area contributed by atoms with Gasteiger partial charge in [0, 0.05) is 52.9 Å². The van der Waals surface area contributed by atoms with Gasteiger partial charge in [-0.2, -0.15) is 5.10 Å². The standard InChI is InChI=1S/C31H39FN8O4Si/c1-19-27(38(2)37-35-19)21-16-23-25(34-17-21)29-30(26(31(41)42-3)36-39(29)18-44-14-15-45(4,5)6)40(23)28(20-9-12-43-13-10-20)24-22(32)8-7-11-33-24/h7-8,11,16-17,20,28H,9-10,12-15,18H2,1-6H3/t28-/m0/s1. The summed E-state index contributed by atoms with van der Waals surface area (Å²) in [4.78, 5) is 22.9. The van der Waals surface area contributed by atoms with Gasteiger partial charge in [-0.15, -0.1) is 5.10 Å². The molecule has 1 atom stereocenters. The Kier molecular flexibility index (Phi) is 8.55. The first kappa shape index (κ1) is 31.0. The van der Waals surface area contributed by atoms with Gasteiger partial charge in [0.05, 0.1) is 35.8 Å². The second-order valence-electron chi connectivity index (χ2n) is 12.8. The van der Waals surface area contributed by atoms with Gasteiger partial charge in [0.2, 0.25) is 0 Å². The van der Waals surface area contributed by atoms with E-state index in [0.717, 1.165) is 23.0 Å². The van der Waals surface area contributed by atoms with Crippen LogP contribution >= 0.6 is 0 Å². The Morgan fingerprint density at radius 1 is 1.20 bits per heavy atom. The van der Waals surface area contributed by atoms with Gasteiger partial charge in [-0.3, -0.25) is 9.97 Å². The third-order valence-corrected chi connectivity index (χ3v) is 10.1. The lowest BCUT2D eigenvalue weighted by Gasteiger charge is -2.32. The number of hydrogen-bond acceptors (Lipinski definition) is 9. The first-order chi connectivity index (χ1) is 21.6. The van der Waals surface area contributed by atoms with Gasteiger partial charge in [-0.05, 0) is 49.9 Å². The van der Waals surface area contributed by atoms with Gasteiger partial charge < -0.3 is 18.8 Å². The molecule has 1 aliphatic heterocycles. The molecule has 0 amide bonds. The highest BCUT2D eigenvalue weighted by Crippen LogP contribution is 2.42. The lowest BCUT2D eigenvalue weighted by Crippen LogP contribution is -2.28. The average Bonchev–Trinajstić information content (AvgIpc) is 3.67. The van der Waals surface area contributed by atoms with Crippen LogP contribution in [0.1, 0.15) is 40.8 Å². The molecular formula is C31H39FN8O4Si. The average molecular weight is 635 g/mol. The second kappa shape index (κ2) is 12.4. The summed E-state index contributed by atoms with van der Waals surface area (Å²) in [6.45, 7) is 10.5. The molecule has 45 heavy (non-hydrogen) atoms. The summed E-state index contributed by atoms with van der Waals surface area (Å²) in [6.07, 6.45) is 4.73. The molecule has 0 saturated carbocycles. The molecule has 0 bridgehead atoms. The van der Waals surface area contributed by atoms with Crippen molar-refractivity contribution in [1.29, 1.82) is 0 Å². The second-order valence-corrected chi connectivity index (χ2v) is 18.4. The number of carbonyl (C=O) groups is 1. The Hall–Kier alpha value is -4.01. The fourth-order valence-corrected chi connectivity index (χ4v) is 6.95. The number of pyridine rings is 2. The molecule has 12 nitrogen and oxygen atoms in total. The van der Waals surface area contributed by atoms with Gasteiger partial charge in [-0.1, -0.05) is 24.9 Å². The third kappa shape index (κ3) is 5.89. The molecule has 0 unspecified atom stereocenters. The van der Waals surface area contributed by atoms with E-state index in [9.17, 15) is 4.79 Å². The monoisotopic (exact) mass is 634 g/mol. The van der Waals surface area contributed by atoms with Gasteiger partial charge in [-0.25, -0.2) is 18.5 Å². The lowest BCUT2D eigenvalue weighted by atomic mass is 9.88. The van der Waals surface area contributed by atoms with Crippen molar-refractivity contribution >= 4 is 36.1 Å². The van der Waals surface area contributed by atoms with E-state index in [2.05, 4.69) is 34.9 Å². The van der Waals surface area contributed by atoms with Gasteiger partial charge in [0.25, 0.3) is 0 Å². The molecule has 6 rings (SSSR count). The highest BCUT2D eigenvalue weighted by atomic mass is 28.3. The normalized spacial score (nSPS) is 15.3. The first-order valence-corrected chi connectivity index (χ1v) is 18.9. The highest BCUT2D eigenvalue weighted by molar-refractivity contribution is 6.76. The van der Waals surface area contributed by atoms with Crippen molar-refractivity contribution in [3.8, 4) is 11.3 Å². The van der Waals surface area contributed by atoms with Crippen LogP contribution in [0.2, 0.25) is 25.7 Å². The van der Waals surface area contributed by atoms with Crippen LogP contribution in [0.3, 0.4) is 0 Å². The minimum Gasteiger partial charge on any atom is -0.464 e. The number of ether oxygens (including phenoxy) is 3. The van der Waals surface area contributed by atoms with Crippen LogP contribution in [-0.4, -0.2) is 80.3 Å². The predicted molar refractivity (Wildman–Crippen MR) is 169 cm³/mol. The van der Waals surface area contributed by atoms with E-state index in [1.807, 2.05) is 24.6 Å². The quantitative estimate of drug-likeness (QED) is 0.117. The fourth-order valence-electron chi connectivity index (χ4n) is 6.19. The number of aromatic nitrogens is 8. The number of methoxy groups -OCH3 is 1. The van der Waals surface area contributed by atoms with E-state index < -0.39 is 25.9 Å². The molecule has 14 heteroatoms. The largest absolute Gasteiger partial charge is 0.464 e. The molecule has 0 aromatic carbocycles. The van der Waals surface area contributed by atoms with Gasteiger partial charge >= 0.3 is 5.97 Å². The SMILES string of the molecule is COC(=O)c1nn(COCC[Si](C)(C)C)c2c3ncc(-c4c(C)nnn4C)cc3n([C@H](c3ncccc3F)C3CCOCC3)c12. The molecule has 5 aromatic heterocycles. The number of rotatable bonds is 10. The molecule has 6 heterocycles. The highest BCUT2D eigenvalue weighted by Gasteiger charge is 2.36. The Balaban J connectivity index is 1.66. The molecule has 0 aliphatic carbocycles. The van der Waals surface area contributed by atoms with Crippen LogP contribution in [0.25, 0.3) is 33.3 Å². The van der Waals surface area contributed by atoms with E-state index in [4.69, 9.17) is 24.3 Å². The first-order valence-electron chi connectivity index (χ1n) is 15.2. The van der Waals surface area contributed by atoms with Crippen molar-refractivity contribution in [3.05, 3.63) is 53.5 Å². The Bertz CT molecular complexity index is 1830. The Morgan fingerprint density at radius 3 is 2.64 bits per heavy atom. The summed E-state index contributed by atoms with van der Waals surface area (Å²) in [7, 11) is 1.82. The minimum absolute atomic E-state index is 0.0486. The number of aryl methyl sites for hydroxylation is 2. The molecule has 0 spiro atoms. The van der Waals surface area contributed by atoms with Crippen LogP contribution < -0.4 is 0 Å². The summed E-state index contributed by atoms with van der Waals surface area (Å²) in [5.74, 6) is -1.09. The Morgan fingerprint density at radius 2 is 1.98 bits per heavy atom. The summed E-state index contributed by atoms with van der Waals surface area (Å²) in [6, 6.07) is 5.39. The van der Waals surface area contributed by atoms with Crippen molar-refractivity contribution in [2.24, 2.45) is 13.0 Å². The number of nitrogens with zero attached hydrogens (tertiary/aromatic N) is 8. The molecule has 1 aliphatic rings. The van der Waals surface area contributed by atoms with Crippen molar-refractivity contribution < 1.29 is 23.4 Å². The van der Waals surface area contributed by atoms with E-state index in [1.54, 1.807) is 27.8 Å². The zero-order valence-electron chi connectivity index (χ0n) is 26.6. The van der Waals surface area contributed by atoms with E-state index in [0.29, 0.717) is 54.7 Å². The number of carbonyl (C=O) groups excluding carboxylic acids is 1. The molecule has 5 aromatic rings. The minimum atomic E-state index is -1.34. The van der Waals surface area contributed by atoms with Crippen molar-refractivity contribution in [2.75, 3.05) is 26.9 Å². The number of esters is 1. The zero-order valence-corrected chi connectivity index (χ0v) is 27.6. The molecular weight excluding hydrogens is 595 g/mol. The summed E-state index contributed by atoms with van der Waals surface area (Å²) < 4.78 is 38.2. The van der Waals surface area contributed by atoms with Crippen LogP contribution in [0.4, 0.5) is 4.39 Å². The number of hydrogen-bond donors (Lipinski definition) is 0. The topological polar surface area (TPSA) is 124 Å². The number of halogens is 1. The number of fused-ring (bicyclic) bond motifs is 3. The maximum absolute atomic E-state index is 15.8. The molecule has 0 radical (unpaired) electrons. The molecule has 0 N–H and O–H groups in total. The zero-order chi connectivity index (χ0) is 31.9. The van der Waals surface area contributed by atoms with Gasteiger partial charge in [0.15, 0.2) is 5.69 Å². The van der Waals surface area contributed by atoms with E-state index in [-0.39, 0.29) is 24.0 Å². The summed E-state index contributed by atoms with van der Waals surface area (Å²) >= 11 is 0. The molecule has 1 saturated heterocycles. The predicted octanol–water partition coefficient (Wildman–Crippen LogP) is 5.14. The maximum Gasteiger partial charge on any atom is 0.360 e. The lowest BCUT2D eigenvalue weighted by molar-refractivity contribution is 0.0539. The fraction of sp³-hybridized carbons (Fsp3) is 0.484. The van der Waals surface area contributed by atoms with E-state index in [1.165, 1.54) is 13.2 Å². The smallest absolute Gasteiger partial charge is 0.360 e. The van der Waals surface area contributed by atoms with Crippen molar-refractivity contribution in [2.45, 2.75) is 58.2 Å². The van der Waals surface area contributed by atoms with Crippen molar-refractivity contribution in [1.82, 2.24) is 39.3 Å². The van der Waals surface area contributed by atoms with Crippen LogP contribution in [0.5, 0.6) is 0 Å². The summed E-state index contributed by atoms with van der Waals surface area (Å²) in [5, 5.41) is 13.1. The summed E-state index contributed by atoms with van der Waals surface area (Å²) in [5.41, 5.74) is 5.12. The molecule has 1 fully saturated rings. The molecule has 238 valence electrons. The Labute approximate surface area is 261 Å².